The van der Waals surface area contributed by atoms with E-state index >= 15 is 0 Å². The first-order valence-corrected chi connectivity index (χ1v) is 8.59. The molecule has 1 aliphatic heterocycles. The van der Waals surface area contributed by atoms with Crippen molar-refractivity contribution in [3.8, 4) is 0 Å². The number of aromatic nitrogens is 1. The number of carbonyl (C=O) groups excluding carboxylic acids is 2. The molecule has 26 heavy (non-hydrogen) atoms. The second kappa shape index (κ2) is 10.6. The first-order valence-electron chi connectivity index (χ1n) is 8.59. The summed E-state index contributed by atoms with van der Waals surface area (Å²) in [7, 11) is 3.68. The van der Waals surface area contributed by atoms with Gasteiger partial charge in [0.1, 0.15) is 24.3 Å². The van der Waals surface area contributed by atoms with Crippen LogP contribution in [0.4, 0.5) is 0 Å². The molecule has 2 rings (SSSR count). The lowest BCUT2D eigenvalue weighted by molar-refractivity contribution is -0.124. The zero-order chi connectivity index (χ0) is 19.7. The quantitative estimate of drug-likeness (QED) is 0.369. The molecule has 0 spiro atoms. The molecule has 9 heteroatoms. The van der Waals surface area contributed by atoms with Crippen LogP contribution in [0.5, 0.6) is 0 Å². The van der Waals surface area contributed by atoms with Gasteiger partial charge in [0, 0.05) is 13.2 Å². The number of likely N-dealkylation sites (N-methyl/N-ethyl adjacent to an activating group) is 2. The largest absolute Gasteiger partial charge is 0.443 e. The first kappa shape index (κ1) is 21.7. The number of hydrogen-bond donors (Lipinski definition) is 3. The van der Waals surface area contributed by atoms with Crippen molar-refractivity contribution in [1.29, 1.82) is 0 Å². The highest BCUT2D eigenvalue weighted by Crippen LogP contribution is 2.14. The minimum Gasteiger partial charge on any atom is -0.443 e. The molecular formula is C17H30N6O3. The molecule has 1 fully saturated rings. The number of rotatable bonds is 6. The molecule has 0 radical (unpaired) electrons. The van der Waals surface area contributed by atoms with Gasteiger partial charge in [-0.1, -0.05) is 13.8 Å². The van der Waals surface area contributed by atoms with Crippen LogP contribution < -0.4 is 16.9 Å². The van der Waals surface area contributed by atoms with Crippen LogP contribution in [-0.4, -0.2) is 59.8 Å². The summed E-state index contributed by atoms with van der Waals surface area (Å²) < 4.78 is 5.00. The number of hydrazine groups is 1. The number of nitrogens with zero attached hydrogens (tertiary/aromatic N) is 3. The summed E-state index contributed by atoms with van der Waals surface area (Å²) in [4.78, 5) is 27.9. The van der Waals surface area contributed by atoms with Crippen LogP contribution in [0.1, 0.15) is 32.6 Å². The molecule has 2 heterocycles. The fourth-order valence-corrected chi connectivity index (χ4v) is 2.65. The zero-order valence-electron chi connectivity index (χ0n) is 15.9. The third kappa shape index (κ3) is 6.16. The molecule has 0 saturated carbocycles. The Bertz CT molecular complexity index is 587. The van der Waals surface area contributed by atoms with Gasteiger partial charge in [-0.2, -0.15) is 0 Å². The van der Waals surface area contributed by atoms with Crippen molar-refractivity contribution in [3.05, 3.63) is 24.6 Å². The minimum atomic E-state index is -0.423. The summed E-state index contributed by atoms with van der Waals surface area (Å²) >= 11 is 0. The fraction of sp³-hybridized carbons (Fsp3) is 0.588. The van der Waals surface area contributed by atoms with Crippen LogP contribution >= 0.6 is 0 Å². The maximum absolute atomic E-state index is 11.1. The number of hydrogen-bond acceptors (Lipinski definition) is 8. The average molecular weight is 366 g/mol. The average Bonchev–Trinajstić information content (AvgIpc) is 3.26. The van der Waals surface area contributed by atoms with Crippen LogP contribution in [-0.2, 0) is 9.59 Å². The zero-order valence-corrected chi connectivity index (χ0v) is 15.9. The number of carbonyl (C=O) groups is 2. The third-order valence-electron chi connectivity index (χ3n) is 4.20. The van der Waals surface area contributed by atoms with E-state index in [4.69, 9.17) is 16.0 Å². The van der Waals surface area contributed by atoms with Gasteiger partial charge in [-0.3, -0.25) is 9.69 Å². The topological polar surface area (TPSA) is 131 Å². The highest BCUT2D eigenvalue weighted by Gasteiger charge is 2.26. The molecule has 1 aromatic rings. The van der Waals surface area contributed by atoms with Gasteiger partial charge in [-0.25, -0.2) is 10.8 Å². The molecule has 146 valence electrons. The van der Waals surface area contributed by atoms with E-state index < -0.39 is 6.04 Å². The standard InChI is InChI=1S/C10H16N4O2.C7H14N2O/c1-7(2)9(6-15)14(12)5-8(11)10-13-3-4-16-10;1-8-7(10)6-4-3-5-9(6)2/h3-7,9H,11-12H2,1-2H3;6H,3-5H2,1-2H3,(H,8,10)/b8-5-;. The van der Waals surface area contributed by atoms with Crippen molar-refractivity contribution >= 4 is 17.9 Å². The van der Waals surface area contributed by atoms with Crippen LogP contribution in [0.2, 0.25) is 0 Å². The Kier molecular flexibility index (Phi) is 8.80. The molecule has 2 atom stereocenters. The third-order valence-corrected chi connectivity index (χ3v) is 4.20. The van der Waals surface area contributed by atoms with Crippen LogP contribution in [0, 0.1) is 5.92 Å². The van der Waals surface area contributed by atoms with Gasteiger partial charge in [0.2, 0.25) is 11.8 Å². The fourth-order valence-electron chi connectivity index (χ4n) is 2.65. The Labute approximate surface area is 154 Å². The lowest BCUT2D eigenvalue weighted by Crippen LogP contribution is -2.41. The molecule has 5 N–H and O–H groups in total. The van der Waals surface area contributed by atoms with Gasteiger partial charge >= 0.3 is 0 Å². The van der Waals surface area contributed by atoms with Gasteiger partial charge < -0.3 is 25.3 Å². The number of nitrogens with one attached hydrogen (secondary N) is 1. The maximum Gasteiger partial charge on any atom is 0.243 e. The second-order valence-electron chi connectivity index (χ2n) is 6.49. The van der Waals surface area contributed by atoms with E-state index in [9.17, 15) is 9.59 Å². The minimum absolute atomic E-state index is 0.0936. The summed E-state index contributed by atoms with van der Waals surface area (Å²) in [6.45, 7) is 4.85. The van der Waals surface area contributed by atoms with Crippen LogP contribution in [0.15, 0.2) is 23.1 Å². The molecule has 2 unspecified atom stereocenters. The Hall–Kier alpha value is -2.39. The van der Waals surface area contributed by atoms with E-state index in [0.717, 1.165) is 25.7 Å². The van der Waals surface area contributed by atoms with Crippen molar-refractivity contribution < 1.29 is 14.0 Å². The molecular weight excluding hydrogens is 336 g/mol. The van der Waals surface area contributed by atoms with E-state index in [1.807, 2.05) is 20.9 Å². The van der Waals surface area contributed by atoms with Gasteiger partial charge in [-0.05, 0) is 32.4 Å². The smallest absolute Gasteiger partial charge is 0.243 e. The predicted molar refractivity (Wildman–Crippen MR) is 99.1 cm³/mol. The number of likely N-dealkylation sites (tertiary alicyclic amines) is 1. The molecule has 1 aliphatic rings. The lowest BCUT2D eigenvalue weighted by Gasteiger charge is -2.24. The summed E-state index contributed by atoms with van der Waals surface area (Å²) in [5.41, 5.74) is 5.98. The van der Waals surface area contributed by atoms with Crippen molar-refractivity contribution in [1.82, 2.24) is 20.2 Å². The van der Waals surface area contributed by atoms with Crippen molar-refractivity contribution in [2.75, 3.05) is 20.6 Å². The molecule has 9 nitrogen and oxygen atoms in total. The molecule has 0 aliphatic carbocycles. The van der Waals surface area contributed by atoms with Gasteiger partial charge in [0.25, 0.3) is 0 Å². The van der Waals surface area contributed by atoms with Gasteiger partial charge in [0.05, 0.1) is 12.2 Å². The van der Waals surface area contributed by atoms with Crippen molar-refractivity contribution in [2.24, 2.45) is 17.5 Å². The van der Waals surface area contributed by atoms with Crippen molar-refractivity contribution in [3.63, 3.8) is 0 Å². The maximum atomic E-state index is 11.1. The number of oxazole rings is 1. The Balaban J connectivity index is 0.000000289. The van der Waals surface area contributed by atoms with E-state index in [1.165, 1.54) is 23.7 Å². The molecule has 0 bridgehead atoms. The number of nitrogens with two attached hydrogens (primary N) is 2. The molecule has 1 aromatic heterocycles. The predicted octanol–water partition coefficient (Wildman–Crippen LogP) is 0.158. The SMILES string of the molecule is CC(C)C(C=O)N(N)/C=C(\N)c1ncco1.CNC(=O)C1CCCN1C. The summed E-state index contributed by atoms with van der Waals surface area (Å²) in [6, 6.07) is -0.293. The number of aldehydes is 1. The lowest BCUT2D eigenvalue weighted by atomic mass is 10.1. The monoisotopic (exact) mass is 366 g/mol. The normalized spacial score (nSPS) is 18.8. The molecule has 0 aromatic carbocycles. The van der Waals surface area contributed by atoms with Gasteiger partial charge in [0.15, 0.2) is 0 Å². The summed E-state index contributed by atoms with van der Waals surface area (Å²) in [5.74, 6) is 6.24. The highest BCUT2D eigenvalue weighted by atomic mass is 16.3. The van der Waals surface area contributed by atoms with Gasteiger partial charge in [-0.15, -0.1) is 0 Å². The Morgan fingerprint density at radius 3 is 2.65 bits per heavy atom. The van der Waals surface area contributed by atoms with Crippen LogP contribution in [0.25, 0.3) is 5.70 Å². The number of amides is 1. The van der Waals surface area contributed by atoms with Crippen molar-refractivity contribution in [2.45, 2.75) is 38.8 Å². The van der Waals surface area contributed by atoms with Crippen LogP contribution in [0.3, 0.4) is 0 Å². The Morgan fingerprint density at radius 2 is 2.23 bits per heavy atom. The van der Waals surface area contributed by atoms with E-state index in [1.54, 1.807) is 7.05 Å². The summed E-state index contributed by atoms with van der Waals surface area (Å²) in [5, 5.41) is 3.92. The highest BCUT2D eigenvalue weighted by molar-refractivity contribution is 5.81. The second-order valence-corrected chi connectivity index (χ2v) is 6.49. The van der Waals surface area contributed by atoms with E-state index in [0.29, 0.717) is 0 Å². The first-order chi connectivity index (χ1) is 12.3. The molecule has 1 saturated heterocycles. The Morgan fingerprint density at radius 1 is 1.54 bits per heavy atom. The van der Waals surface area contributed by atoms with E-state index in [-0.39, 0.29) is 29.5 Å². The summed E-state index contributed by atoms with van der Waals surface area (Å²) in [6.07, 6.45) is 7.27. The van der Waals surface area contributed by atoms with E-state index in [2.05, 4.69) is 15.2 Å². The molecule has 1 amide bonds.